The number of aromatic nitrogens is 2. The van der Waals surface area contributed by atoms with Crippen LogP contribution in [0.3, 0.4) is 0 Å². The van der Waals surface area contributed by atoms with Crippen LogP contribution in [0.2, 0.25) is 0 Å². The summed E-state index contributed by atoms with van der Waals surface area (Å²) in [5.41, 5.74) is 0.792. The number of hydrogen-bond donors (Lipinski definition) is 0. The van der Waals surface area contributed by atoms with Crippen molar-refractivity contribution in [2.75, 3.05) is 7.11 Å². The summed E-state index contributed by atoms with van der Waals surface area (Å²) >= 11 is 3.32. The molecular formula is C14H14BrFN2O2. The fraction of sp³-hybridized carbons (Fsp3) is 0.286. The summed E-state index contributed by atoms with van der Waals surface area (Å²) in [6, 6.07) is 4.09. The Morgan fingerprint density at radius 1 is 1.45 bits per heavy atom. The van der Waals surface area contributed by atoms with Gasteiger partial charge in [0.25, 0.3) is 0 Å². The molecule has 0 N–H and O–H groups in total. The van der Waals surface area contributed by atoms with Crippen LogP contribution in [0.15, 0.2) is 28.9 Å². The van der Waals surface area contributed by atoms with E-state index in [1.807, 2.05) is 13.8 Å². The van der Waals surface area contributed by atoms with Crippen LogP contribution >= 0.6 is 15.9 Å². The first-order chi connectivity index (χ1) is 9.45. The van der Waals surface area contributed by atoms with E-state index in [2.05, 4.69) is 21.0 Å². The summed E-state index contributed by atoms with van der Waals surface area (Å²) in [5.74, 6) is -0.690. The molecule has 4 nitrogen and oxygen atoms in total. The third-order valence-electron chi connectivity index (χ3n) is 2.87. The molecule has 0 radical (unpaired) electrons. The Morgan fingerprint density at radius 2 is 2.15 bits per heavy atom. The van der Waals surface area contributed by atoms with Crippen molar-refractivity contribution in [2.45, 2.75) is 19.9 Å². The van der Waals surface area contributed by atoms with Crippen LogP contribution in [0.1, 0.15) is 35.9 Å². The van der Waals surface area contributed by atoms with Crippen molar-refractivity contribution >= 4 is 21.7 Å². The van der Waals surface area contributed by atoms with Gasteiger partial charge in [-0.25, -0.2) is 4.39 Å². The van der Waals surface area contributed by atoms with Crippen molar-refractivity contribution in [3.8, 4) is 5.75 Å². The predicted octanol–water partition coefficient (Wildman–Crippen LogP) is 3.61. The minimum atomic E-state index is -0.500. The van der Waals surface area contributed by atoms with Crippen LogP contribution in [0.25, 0.3) is 0 Å². The Balaban J connectivity index is 2.49. The van der Waals surface area contributed by atoms with Crippen LogP contribution in [-0.4, -0.2) is 22.7 Å². The average Bonchev–Trinajstić information content (AvgIpc) is 2.80. The number of ketones is 1. The maximum atomic E-state index is 13.4. The SMILES string of the molecule is COc1cc(C(=O)c2c(Br)cnn2C(C)C)ccc1F. The summed E-state index contributed by atoms with van der Waals surface area (Å²) in [5, 5.41) is 4.17. The van der Waals surface area contributed by atoms with Gasteiger partial charge < -0.3 is 4.74 Å². The molecule has 0 aliphatic rings. The zero-order chi connectivity index (χ0) is 14.9. The van der Waals surface area contributed by atoms with Crippen LogP contribution in [-0.2, 0) is 0 Å². The van der Waals surface area contributed by atoms with Gasteiger partial charge in [-0.2, -0.15) is 5.10 Å². The Morgan fingerprint density at radius 3 is 2.75 bits per heavy atom. The molecule has 1 heterocycles. The van der Waals surface area contributed by atoms with E-state index in [0.717, 1.165) is 0 Å². The predicted molar refractivity (Wildman–Crippen MR) is 76.7 cm³/mol. The molecule has 0 fully saturated rings. The Labute approximate surface area is 124 Å². The molecule has 2 aromatic rings. The number of hydrogen-bond acceptors (Lipinski definition) is 3. The van der Waals surface area contributed by atoms with Gasteiger partial charge in [0.1, 0.15) is 5.69 Å². The summed E-state index contributed by atoms with van der Waals surface area (Å²) in [4.78, 5) is 12.6. The van der Waals surface area contributed by atoms with Gasteiger partial charge in [0.15, 0.2) is 11.6 Å². The minimum absolute atomic E-state index is 0.0441. The van der Waals surface area contributed by atoms with Gasteiger partial charge in [0, 0.05) is 11.6 Å². The van der Waals surface area contributed by atoms with Crippen molar-refractivity contribution in [1.82, 2.24) is 9.78 Å². The van der Waals surface area contributed by atoms with E-state index in [1.54, 1.807) is 10.9 Å². The molecule has 0 atom stereocenters. The first-order valence-electron chi connectivity index (χ1n) is 6.07. The summed E-state index contributed by atoms with van der Waals surface area (Å²) in [6.45, 7) is 3.86. The van der Waals surface area contributed by atoms with Gasteiger partial charge in [-0.3, -0.25) is 9.48 Å². The molecule has 6 heteroatoms. The van der Waals surface area contributed by atoms with E-state index in [4.69, 9.17) is 4.74 Å². The second-order valence-corrected chi connectivity index (χ2v) is 5.41. The topological polar surface area (TPSA) is 44.1 Å². The summed E-state index contributed by atoms with van der Waals surface area (Å²) in [7, 11) is 1.36. The van der Waals surface area contributed by atoms with Crippen LogP contribution < -0.4 is 4.74 Å². The third kappa shape index (κ3) is 2.60. The largest absolute Gasteiger partial charge is 0.494 e. The van der Waals surface area contributed by atoms with Gasteiger partial charge >= 0.3 is 0 Å². The fourth-order valence-corrected chi connectivity index (χ4v) is 2.34. The van der Waals surface area contributed by atoms with E-state index < -0.39 is 5.82 Å². The van der Waals surface area contributed by atoms with E-state index in [-0.39, 0.29) is 17.6 Å². The number of methoxy groups -OCH3 is 1. The molecule has 0 unspecified atom stereocenters. The molecule has 20 heavy (non-hydrogen) atoms. The zero-order valence-corrected chi connectivity index (χ0v) is 12.9. The van der Waals surface area contributed by atoms with E-state index in [0.29, 0.717) is 15.7 Å². The van der Waals surface area contributed by atoms with E-state index in [1.165, 1.54) is 25.3 Å². The van der Waals surface area contributed by atoms with Gasteiger partial charge in [-0.05, 0) is 48.0 Å². The molecule has 1 aromatic heterocycles. The first kappa shape index (κ1) is 14.7. The van der Waals surface area contributed by atoms with Crippen molar-refractivity contribution in [1.29, 1.82) is 0 Å². The van der Waals surface area contributed by atoms with Crippen molar-refractivity contribution < 1.29 is 13.9 Å². The molecule has 0 saturated carbocycles. The number of carbonyl (C=O) groups is 1. The number of benzene rings is 1. The van der Waals surface area contributed by atoms with E-state index >= 15 is 0 Å². The highest BCUT2D eigenvalue weighted by molar-refractivity contribution is 9.10. The molecule has 2 rings (SSSR count). The van der Waals surface area contributed by atoms with Gasteiger partial charge in [-0.15, -0.1) is 0 Å². The van der Waals surface area contributed by atoms with Gasteiger partial charge in [0.2, 0.25) is 5.78 Å². The standard InChI is InChI=1S/C14H14BrFN2O2/c1-8(2)18-13(10(15)7-17-18)14(19)9-4-5-11(16)12(6-9)20-3/h4-8H,1-3H3. The highest BCUT2D eigenvalue weighted by atomic mass is 79.9. The van der Waals surface area contributed by atoms with Gasteiger partial charge in [0.05, 0.1) is 17.8 Å². The van der Waals surface area contributed by atoms with Crippen molar-refractivity contribution in [2.24, 2.45) is 0 Å². The van der Waals surface area contributed by atoms with Crippen LogP contribution in [0, 0.1) is 5.82 Å². The average molecular weight is 341 g/mol. The smallest absolute Gasteiger partial charge is 0.212 e. The maximum Gasteiger partial charge on any atom is 0.212 e. The molecule has 1 aromatic carbocycles. The lowest BCUT2D eigenvalue weighted by Crippen LogP contribution is -2.14. The monoisotopic (exact) mass is 340 g/mol. The van der Waals surface area contributed by atoms with Crippen LogP contribution in [0.4, 0.5) is 4.39 Å². The molecule has 0 spiro atoms. The maximum absolute atomic E-state index is 13.4. The van der Waals surface area contributed by atoms with Gasteiger partial charge in [-0.1, -0.05) is 0 Å². The summed E-state index contributed by atoms with van der Waals surface area (Å²) < 4.78 is 20.5. The molecule has 0 aliphatic heterocycles. The minimum Gasteiger partial charge on any atom is -0.494 e. The lowest BCUT2D eigenvalue weighted by Gasteiger charge is -2.11. The number of carbonyl (C=O) groups excluding carboxylic acids is 1. The number of halogens is 2. The molecule has 0 amide bonds. The first-order valence-corrected chi connectivity index (χ1v) is 6.86. The van der Waals surface area contributed by atoms with Crippen molar-refractivity contribution in [3.63, 3.8) is 0 Å². The Bertz CT molecular complexity index is 653. The Kier molecular flexibility index (Phi) is 4.23. The fourth-order valence-electron chi connectivity index (χ4n) is 1.88. The lowest BCUT2D eigenvalue weighted by atomic mass is 10.1. The third-order valence-corrected chi connectivity index (χ3v) is 3.45. The lowest BCUT2D eigenvalue weighted by molar-refractivity contribution is 0.102. The number of rotatable bonds is 4. The highest BCUT2D eigenvalue weighted by Gasteiger charge is 2.21. The molecule has 0 bridgehead atoms. The highest BCUT2D eigenvalue weighted by Crippen LogP contribution is 2.25. The normalized spacial score (nSPS) is 10.9. The number of nitrogens with zero attached hydrogens (tertiary/aromatic N) is 2. The molecule has 0 aliphatic carbocycles. The molecular weight excluding hydrogens is 327 g/mol. The zero-order valence-electron chi connectivity index (χ0n) is 11.4. The van der Waals surface area contributed by atoms with Crippen LogP contribution in [0.5, 0.6) is 5.75 Å². The molecule has 106 valence electrons. The summed E-state index contributed by atoms with van der Waals surface area (Å²) in [6.07, 6.45) is 1.58. The quantitative estimate of drug-likeness (QED) is 0.798. The number of ether oxygens (including phenoxy) is 1. The second kappa shape index (κ2) is 5.75. The van der Waals surface area contributed by atoms with Crippen molar-refractivity contribution in [3.05, 3.63) is 45.9 Å². The molecule has 0 saturated heterocycles. The van der Waals surface area contributed by atoms with E-state index in [9.17, 15) is 9.18 Å². The second-order valence-electron chi connectivity index (χ2n) is 4.56. The Hall–Kier alpha value is -1.69.